The maximum Gasteiger partial charge on any atom is 0.241 e. The van der Waals surface area contributed by atoms with Gasteiger partial charge < -0.3 is 14.2 Å². The highest BCUT2D eigenvalue weighted by Crippen LogP contribution is 2.29. The van der Waals surface area contributed by atoms with Crippen molar-refractivity contribution in [3.05, 3.63) is 83.9 Å². The first-order valence-electron chi connectivity index (χ1n) is 12.1. The number of para-hydroxylation sites is 2. The summed E-state index contributed by atoms with van der Waals surface area (Å²) >= 11 is 0. The van der Waals surface area contributed by atoms with Crippen molar-refractivity contribution in [2.75, 3.05) is 26.9 Å². The van der Waals surface area contributed by atoms with Crippen LogP contribution in [0, 0.1) is 0 Å². The molecule has 0 unspecified atom stereocenters. The molecule has 0 aliphatic carbocycles. The fourth-order valence-electron chi connectivity index (χ4n) is 4.35. The second-order valence-corrected chi connectivity index (χ2v) is 10.2. The van der Waals surface area contributed by atoms with Crippen LogP contribution in [0.15, 0.2) is 77.7 Å². The lowest BCUT2D eigenvalue weighted by molar-refractivity contribution is 0.123. The van der Waals surface area contributed by atoms with Crippen LogP contribution in [0.4, 0.5) is 0 Å². The molecule has 3 aromatic rings. The molecular weight excluding hydrogens is 476 g/mol. The molecule has 0 aromatic heterocycles. The number of methoxy groups -OCH3 is 1. The van der Waals surface area contributed by atoms with Gasteiger partial charge in [-0.3, -0.25) is 4.90 Å². The lowest BCUT2D eigenvalue weighted by atomic mass is 10.0. The molecule has 3 rings (SSSR count). The number of sulfonamides is 1. The number of primary sulfonamides is 1. The Morgan fingerprint density at radius 2 is 1.53 bits per heavy atom. The summed E-state index contributed by atoms with van der Waals surface area (Å²) in [5, 5.41) is 5.43. The van der Waals surface area contributed by atoms with Crippen molar-refractivity contribution in [1.29, 1.82) is 0 Å². The first-order chi connectivity index (χ1) is 17.2. The van der Waals surface area contributed by atoms with Crippen LogP contribution < -0.4 is 19.3 Å². The first-order valence-corrected chi connectivity index (χ1v) is 13.6. The lowest BCUT2D eigenvalue weighted by Crippen LogP contribution is -2.39. The van der Waals surface area contributed by atoms with Gasteiger partial charge in [-0.15, -0.1) is 0 Å². The standard InChI is InChI=1S/C28H36N2O5S/c1-5-34-25-13-9-10-14-26(25)35-18-17-30(22(3)24-11-7-6-8-12-24)21(2)19-23-15-16-27(33-4)28(20-23)36(29,31)32/h6-16,20-22H,5,17-19H2,1-4H3,(H2,29,31,32)/t21-,22+/m0/s1. The van der Waals surface area contributed by atoms with Gasteiger partial charge in [-0.2, -0.15) is 0 Å². The van der Waals surface area contributed by atoms with Gasteiger partial charge in [-0.25, -0.2) is 13.6 Å². The summed E-state index contributed by atoms with van der Waals surface area (Å²) < 4.78 is 41.2. The average molecular weight is 513 g/mol. The SMILES string of the molecule is CCOc1ccccc1OCCN([C@H](C)c1ccccc1)[C@@H](C)Cc1ccc(OC)c(S(N)(=O)=O)c1. The topological polar surface area (TPSA) is 91.1 Å². The molecule has 0 radical (unpaired) electrons. The number of hydrogen-bond donors (Lipinski definition) is 1. The van der Waals surface area contributed by atoms with Crippen molar-refractivity contribution in [2.45, 2.75) is 44.2 Å². The number of nitrogens with zero attached hydrogens (tertiary/aromatic N) is 1. The van der Waals surface area contributed by atoms with Gasteiger partial charge in [0.25, 0.3) is 0 Å². The van der Waals surface area contributed by atoms with Crippen LogP contribution in [0.25, 0.3) is 0 Å². The van der Waals surface area contributed by atoms with Gasteiger partial charge in [0, 0.05) is 18.6 Å². The fourth-order valence-corrected chi connectivity index (χ4v) is 5.10. The zero-order chi connectivity index (χ0) is 26.1. The molecule has 0 heterocycles. The minimum absolute atomic E-state index is 0.00628. The van der Waals surface area contributed by atoms with E-state index >= 15 is 0 Å². The minimum Gasteiger partial charge on any atom is -0.495 e. The molecule has 8 heteroatoms. The second kappa shape index (κ2) is 12.8. The largest absolute Gasteiger partial charge is 0.495 e. The number of hydrogen-bond acceptors (Lipinski definition) is 6. The van der Waals surface area contributed by atoms with Crippen LogP contribution in [-0.2, 0) is 16.4 Å². The van der Waals surface area contributed by atoms with E-state index in [0.717, 1.165) is 11.3 Å². The third-order valence-electron chi connectivity index (χ3n) is 6.17. The van der Waals surface area contributed by atoms with Crippen LogP contribution in [0.1, 0.15) is 37.9 Å². The van der Waals surface area contributed by atoms with Gasteiger partial charge in [0.05, 0.1) is 13.7 Å². The van der Waals surface area contributed by atoms with E-state index in [1.807, 2.05) is 55.5 Å². The maximum absolute atomic E-state index is 12.1. The summed E-state index contributed by atoms with van der Waals surface area (Å²) in [7, 11) is -2.48. The molecule has 0 aliphatic heterocycles. The van der Waals surface area contributed by atoms with E-state index in [-0.39, 0.29) is 22.7 Å². The molecule has 0 aliphatic rings. The normalized spacial score (nSPS) is 13.3. The zero-order valence-corrected chi connectivity index (χ0v) is 22.2. The van der Waals surface area contributed by atoms with E-state index in [1.54, 1.807) is 12.1 Å². The van der Waals surface area contributed by atoms with Gasteiger partial charge in [0.1, 0.15) is 17.3 Å². The van der Waals surface area contributed by atoms with E-state index in [2.05, 4.69) is 30.9 Å². The maximum atomic E-state index is 12.1. The van der Waals surface area contributed by atoms with Crippen molar-refractivity contribution in [3.63, 3.8) is 0 Å². The Labute approximate surface area is 214 Å². The molecular formula is C28H36N2O5S. The van der Waals surface area contributed by atoms with E-state index in [4.69, 9.17) is 19.3 Å². The molecule has 0 saturated carbocycles. The third kappa shape index (κ3) is 7.22. The number of benzene rings is 3. The predicted molar refractivity (Wildman–Crippen MR) is 142 cm³/mol. The molecule has 36 heavy (non-hydrogen) atoms. The number of ether oxygens (including phenoxy) is 3. The smallest absolute Gasteiger partial charge is 0.241 e. The molecule has 0 saturated heterocycles. The van der Waals surface area contributed by atoms with E-state index in [1.165, 1.54) is 12.7 Å². The highest BCUT2D eigenvalue weighted by molar-refractivity contribution is 7.89. The summed E-state index contributed by atoms with van der Waals surface area (Å²) in [5.74, 6) is 1.68. The monoisotopic (exact) mass is 512 g/mol. The summed E-state index contributed by atoms with van der Waals surface area (Å²) in [6, 6.07) is 23.3. The second-order valence-electron chi connectivity index (χ2n) is 8.64. The summed E-state index contributed by atoms with van der Waals surface area (Å²) in [6.45, 7) is 7.95. The highest BCUT2D eigenvalue weighted by Gasteiger charge is 2.23. The molecule has 0 bridgehead atoms. The molecule has 0 spiro atoms. The molecule has 0 fully saturated rings. The van der Waals surface area contributed by atoms with Crippen molar-refractivity contribution >= 4 is 10.0 Å². The Balaban J connectivity index is 1.81. The summed E-state index contributed by atoms with van der Waals surface area (Å²) in [4.78, 5) is 2.35. The average Bonchev–Trinajstić information content (AvgIpc) is 2.87. The highest BCUT2D eigenvalue weighted by atomic mass is 32.2. The molecule has 3 aromatic carbocycles. The van der Waals surface area contributed by atoms with Gasteiger partial charge in [0.2, 0.25) is 10.0 Å². The minimum atomic E-state index is -3.91. The molecule has 2 N–H and O–H groups in total. The van der Waals surface area contributed by atoms with Crippen molar-refractivity contribution in [2.24, 2.45) is 5.14 Å². The predicted octanol–water partition coefficient (Wildman–Crippen LogP) is 4.81. The van der Waals surface area contributed by atoms with Gasteiger partial charge in [0.15, 0.2) is 11.5 Å². The van der Waals surface area contributed by atoms with Gasteiger partial charge in [-0.1, -0.05) is 48.5 Å². The number of nitrogens with two attached hydrogens (primary N) is 1. The van der Waals surface area contributed by atoms with Crippen LogP contribution in [0.3, 0.4) is 0 Å². The Bertz CT molecular complexity index is 1220. The van der Waals surface area contributed by atoms with Gasteiger partial charge >= 0.3 is 0 Å². The van der Waals surface area contributed by atoms with Gasteiger partial charge in [-0.05, 0) is 62.6 Å². The Morgan fingerprint density at radius 3 is 2.14 bits per heavy atom. The van der Waals surface area contributed by atoms with Crippen LogP contribution >= 0.6 is 0 Å². The van der Waals surface area contributed by atoms with Crippen molar-refractivity contribution < 1.29 is 22.6 Å². The van der Waals surface area contributed by atoms with Crippen molar-refractivity contribution in [1.82, 2.24) is 4.90 Å². The van der Waals surface area contributed by atoms with Crippen LogP contribution in [0.5, 0.6) is 17.2 Å². The van der Waals surface area contributed by atoms with Crippen LogP contribution in [-0.4, -0.2) is 46.2 Å². The van der Waals surface area contributed by atoms with E-state index in [9.17, 15) is 8.42 Å². The Morgan fingerprint density at radius 1 is 0.889 bits per heavy atom. The lowest BCUT2D eigenvalue weighted by Gasteiger charge is -2.35. The quantitative estimate of drug-likeness (QED) is 0.353. The fraction of sp³-hybridized carbons (Fsp3) is 0.357. The molecule has 7 nitrogen and oxygen atoms in total. The number of rotatable bonds is 13. The van der Waals surface area contributed by atoms with E-state index < -0.39 is 10.0 Å². The molecule has 194 valence electrons. The summed E-state index contributed by atoms with van der Waals surface area (Å²) in [6.07, 6.45) is 0.624. The van der Waals surface area contributed by atoms with Crippen molar-refractivity contribution in [3.8, 4) is 17.2 Å². The first kappa shape index (κ1) is 27.5. The Hall–Kier alpha value is -3.07. The third-order valence-corrected chi connectivity index (χ3v) is 7.10. The Kier molecular flexibility index (Phi) is 9.75. The van der Waals surface area contributed by atoms with Crippen LogP contribution in [0.2, 0.25) is 0 Å². The van der Waals surface area contributed by atoms with E-state index in [0.29, 0.717) is 31.9 Å². The zero-order valence-electron chi connectivity index (χ0n) is 21.4. The summed E-state index contributed by atoms with van der Waals surface area (Å²) in [5.41, 5.74) is 2.05. The molecule has 2 atom stereocenters. The molecule has 0 amide bonds.